The Morgan fingerprint density at radius 1 is 1.22 bits per heavy atom. The first-order valence-corrected chi connectivity index (χ1v) is 7.60. The molecule has 0 radical (unpaired) electrons. The van der Waals surface area contributed by atoms with Crippen molar-refractivity contribution in [3.05, 3.63) is 0 Å². The molecule has 1 fully saturated rings. The summed E-state index contributed by atoms with van der Waals surface area (Å²) in [4.78, 5) is 5.05. The minimum atomic E-state index is 0.432. The van der Waals surface area contributed by atoms with Gasteiger partial charge in [-0.3, -0.25) is 0 Å². The zero-order valence-electron chi connectivity index (χ0n) is 13.1. The monoisotopic (exact) mass is 255 g/mol. The summed E-state index contributed by atoms with van der Waals surface area (Å²) >= 11 is 0. The van der Waals surface area contributed by atoms with Crippen LogP contribution in [0.3, 0.4) is 0 Å². The van der Waals surface area contributed by atoms with Gasteiger partial charge in [-0.2, -0.15) is 0 Å². The van der Waals surface area contributed by atoms with E-state index in [2.05, 4.69) is 50.0 Å². The van der Waals surface area contributed by atoms with Gasteiger partial charge in [-0.1, -0.05) is 20.8 Å². The van der Waals surface area contributed by atoms with E-state index in [9.17, 15) is 0 Å². The maximum absolute atomic E-state index is 3.52. The van der Waals surface area contributed by atoms with E-state index >= 15 is 0 Å². The molecule has 0 aromatic rings. The first-order valence-electron chi connectivity index (χ1n) is 7.60. The fourth-order valence-corrected chi connectivity index (χ4v) is 2.85. The molecule has 1 unspecified atom stereocenters. The summed E-state index contributed by atoms with van der Waals surface area (Å²) in [5.74, 6) is 0. The van der Waals surface area contributed by atoms with Gasteiger partial charge in [-0.05, 0) is 58.4 Å². The van der Waals surface area contributed by atoms with Crippen molar-refractivity contribution in [3.8, 4) is 0 Å². The Morgan fingerprint density at radius 2 is 1.83 bits per heavy atom. The summed E-state index contributed by atoms with van der Waals surface area (Å²) in [5, 5.41) is 3.52. The molecule has 0 aromatic carbocycles. The minimum absolute atomic E-state index is 0.432. The Morgan fingerprint density at radius 3 is 2.28 bits per heavy atom. The lowest BCUT2D eigenvalue weighted by Crippen LogP contribution is -2.47. The molecule has 3 nitrogen and oxygen atoms in total. The predicted molar refractivity (Wildman–Crippen MR) is 80.1 cm³/mol. The smallest absolute Gasteiger partial charge is 0.0113 e. The van der Waals surface area contributed by atoms with Crippen molar-refractivity contribution >= 4 is 0 Å². The van der Waals surface area contributed by atoms with Gasteiger partial charge in [0, 0.05) is 19.1 Å². The van der Waals surface area contributed by atoms with Crippen molar-refractivity contribution in [1.82, 2.24) is 15.1 Å². The fourth-order valence-electron chi connectivity index (χ4n) is 2.85. The standard InChI is InChI=1S/C15H33N3/c1-6-15(3,12-16-7-2)13-18-10-8-14(9-11-18)17(4)5/h14,16H,6-13H2,1-5H3. The lowest BCUT2D eigenvalue weighted by Gasteiger charge is -2.40. The molecule has 108 valence electrons. The Balaban J connectivity index is 2.38. The van der Waals surface area contributed by atoms with E-state index in [0.29, 0.717) is 5.41 Å². The zero-order valence-corrected chi connectivity index (χ0v) is 13.1. The van der Waals surface area contributed by atoms with E-state index in [1.807, 2.05) is 0 Å². The second-order valence-electron chi connectivity index (χ2n) is 6.42. The SMILES string of the molecule is CCNCC(C)(CC)CN1CCC(N(C)C)CC1. The molecule has 0 aliphatic carbocycles. The predicted octanol–water partition coefficient (Wildman–Crippen LogP) is 2.04. The van der Waals surface area contributed by atoms with Crippen LogP contribution in [0.25, 0.3) is 0 Å². The highest BCUT2D eigenvalue weighted by Gasteiger charge is 2.28. The molecule has 18 heavy (non-hydrogen) atoms. The molecule has 1 aliphatic rings. The van der Waals surface area contributed by atoms with Crippen LogP contribution in [0, 0.1) is 5.41 Å². The normalized spacial score (nSPS) is 22.3. The van der Waals surface area contributed by atoms with E-state index in [-0.39, 0.29) is 0 Å². The Kier molecular flexibility index (Phi) is 6.61. The number of nitrogens with one attached hydrogen (secondary N) is 1. The third-order valence-corrected chi connectivity index (χ3v) is 4.55. The Bertz CT molecular complexity index is 222. The van der Waals surface area contributed by atoms with Crippen LogP contribution in [0.1, 0.15) is 40.0 Å². The molecule has 0 saturated carbocycles. The molecule has 0 amide bonds. The number of hydrogen-bond donors (Lipinski definition) is 1. The first kappa shape index (κ1) is 15.9. The molecular weight excluding hydrogens is 222 g/mol. The van der Waals surface area contributed by atoms with Crippen LogP contribution in [-0.4, -0.2) is 62.7 Å². The molecule has 1 saturated heterocycles. The maximum atomic E-state index is 3.52. The molecule has 0 aromatic heterocycles. The van der Waals surface area contributed by atoms with Gasteiger partial charge in [-0.15, -0.1) is 0 Å². The molecule has 0 bridgehead atoms. The van der Waals surface area contributed by atoms with Gasteiger partial charge in [0.25, 0.3) is 0 Å². The molecule has 3 heteroatoms. The number of piperidine rings is 1. The molecule has 1 atom stereocenters. The van der Waals surface area contributed by atoms with E-state index in [1.54, 1.807) is 0 Å². The van der Waals surface area contributed by atoms with Gasteiger partial charge in [0.2, 0.25) is 0 Å². The van der Waals surface area contributed by atoms with Crippen LogP contribution in [0.2, 0.25) is 0 Å². The van der Waals surface area contributed by atoms with Crippen LogP contribution < -0.4 is 5.32 Å². The average Bonchev–Trinajstić information content (AvgIpc) is 2.37. The minimum Gasteiger partial charge on any atom is -0.316 e. The van der Waals surface area contributed by atoms with Gasteiger partial charge in [-0.25, -0.2) is 0 Å². The third kappa shape index (κ3) is 4.87. The van der Waals surface area contributed by atoms with Crippen LogP contribution >= 0.6 is 0 Å². The van der Waals surface area contributed by atoms with Crippen molar-refractivity contribution < 1.29 is 0 Å². The summed E-state index contributed by atoms with van der Waals surface area (Å²) < 4.78 is 0. The summed E-state index contributed by atoms with van der Waals surface area (Å²) in [7, 11) is 4.42. The molecular formula is C15H33N3. The second kappa shape index (κ2) is 7.46. The number of hydrogen-bond acceptors (Lipinski definition) is 3. The maximum Gasteiger partial charge on any atom is 0.0113 e. The van der Waals surface area contributed by atoms with Crippen LogP contribution in [0.5, 0.6) is 0 Å². The van der Waals surface area contributed by atoms with Crippen molar-refractivity contribution in [2.24, 2.45) is 5.41 Å². The molecule has 1 rings (SSSR count). The van der Waals surface area contributed by atoms with E-state index in [0.717, 1.165) is 19.1 Å². The van der Waals surface area contributed by atoms with Gasteiger partial charge >= 0.3 is 0 Å². The van der Waals surface area contributed by atoms with E-state index in [4.69, 9.17) is 0 Å². The lowest BCUT2D eigenvalue weighted by molar-refractivity contribution is 0.0983. The Labute approximate surface area is 114 Å². The van der Waals surface area contributed by atoms with Crippen LogP contribution in [0.4, 0.5) is 0 Å². The summed E-state index contributed by atoms with van der Waals surface area (Å²) in [6.07, 6.45) is 3.91. The summed E-state index contributed by atoms with van der Waals surface area (Å²) in [6.45, 7) is 13.0. The van der Waals surface area contributed by atoms with Gasteiger partial charge < -0.3 is 15.1 Å². The van der Waals surface area contributed by atoms with Crippen molar-refractivity contribution in [3.63, 3.8) is 0 Å². The summed E-state index contributed by atoms with van der Waals surface area (Å²) in [6, 6.07) is 0.794. The topological polar surface area (TPSA) is 18.5 Å². The van der Waals surface area contributed by atoms with E-state index in [1.165, 1.54) is 38.9 Å². The lowest BCUT2D eigenvalue weighted by atomic mass is 9.86. The summed E-state index contributed by atoms with van der Waals surface area (Å²) in [5.41, 5.74) is 0.432. The van der Waals surface area contributed by atoms with Crippen LogP contribution in [-0.2, 0) is 0 Å². The van der Waals surface area contributed by atoms with Crippen molar-refractivity contribution in [2.45, 2.75) is 46.1 Å². The number of nitrogens with zero attached hydrogens (tertiary/aromatic N) is 2. The quantitative estimate of drug-likeness (QED) is 0.751. The third-order valence-electron chi connectivity index (χ3n) is 4.55. The van der Waals surface area contributed by atoms with E-state index < -0.39 is 0 Å². The highest BCUT2D eigenvalue weighted by molar-refractivity contribution is 4.83. The van der Waals surface area contributed by atoms with Crippen molar-refractivity contribution in [2.75, 3.05) is 46.8 Å². The number of rotatable bonds is 7. The van der Waals surface area contributed by atoms with Crippen LogP contribution in [0.15, 0.2) is 0 Å². The van der Waals surface area contributed by atoms with Gasteiger partial charge in [0.15, 0.2) is 0 Å². The second-order valence-corrected chi connectivity index (χ2v) is 6.42. The largest absolute Gasteiger partial charge is 0.316 e. The highest BCUT2D eigenvalue weighted by Crippen LogP contribution is 2.24. The molecule has 1 aliphatic heterocycles. The average molecular weight is 255 g/mol. The number of likely N-dealkylation sites (tertiary alicyclic amines) is 1. The van der Waals surface area contributed by atoms with Gasteiger partial charge in [0.05, 0.1) is 0 Å². The molecule has 1 N–H and O–H groups in total. The first-order chi connectivity index (χ1) is 8.50. The van der Waals surface area contributed by atoms with Crippen molar-refractivity contribution in [1.29, 1.82) is 0 Å². The molecule has 1 heterocycles. The van der Waals surface area contributed by atoms with Gasteiger partial charge in [0.1, 0.15) is 0 Å². The molecule has 0 spiro atoms. The zero-order chi connectivity index (χ0) is 13.6. The fraction of sp³-hybridized carbons (Fsp3) is 1.00. The highest BCUT2D eigenvalue weighted by atomic mass is 15.2. The Hall–Kier alpha value is -0.120.